The third-order valence-electron chi connectivity index (χ3n) is 5.94. The van der Waals surface area contributed by atoms with Gasteiger partial charge in [-0.25, -0.2) is 0 Å². The standard InChI is InChI=1S/C16H32N4.C7H14.C2H6/c1-5-6-7-8-15(9-12-17)19-13(2)18-14(3)20-16(4)10-11-16;1-7-5-3-2-4-6-7;1-2/h13-15,18-20H,5-11H2,1-4H3;7H,2-6H2,1H3;1-2H3. The second kappa shape index (κ2) is 17.1. The van der Waals surface area contributed by atoms with Gasteiger partial charge in [0.25, 0.3) is 0 Å². The number of hydrogen-bond acceptors (Lipinski definition) is 4. The van der Waals surface area contributed by atoms with Crippen molar-refractivity contribution >= 4 is 0 Å². The molecule has 3 atom stereocenters. The highest BCUT2D eigenvalue weighted by atomic mass is 15.2. The summed E-state index contributed by atoms with van der Waals surface area (Å²) in [4.78, 5) is 0. The SMILES string of the molecule is CC.CC1CCCCC1.CCCCCC(CC#N)NC(C)NC(C)NC1(C)CC1. The molecule has 0 radical (unpaired) electrons. The topological polar surface area (TPSA) is 59.9 Å². The molecule has 2 rings (SSSR count). The summed E-state index contributed by atoms with van der Waals surface area (Å²) in [5.74, 6) is 1.04. The maximum Gasteiger partial charge on any atom is 0.0638 e. The van der Waals surface area contributed by atoms with Crippen molar-refractivity contribution in [2.45, 2.75) is 149 Å². The number of rotatable bonds is 11. The number of hydrogen-bond donors (Lipinski definition) is 3. The van der Waals surface area contributed by atoms with E-state index in [9.17, 15) is 0 Å². The quantitative estimate of drug-likeness (QED) is 0.271. The van der Waals surface area contributed by atoms with Crippen molar-refractivity contribution in [3.63, 3.8) is 0 Å². The van der Waals surface area contributed by atoms with Crippen LogP contribution in [0.5, 0.6) is 0 Å². The fourth-order valence-corrected chi connectivity index (χ4v) is 3.97. The van der Waals surface area contributed by atoms with Crippen LogP contribution in [-0.4, -0.2) is 23.9 Å². The largest absolute Gasteiger partial charge is 0.298 e. The molecule has 29 heavy (non-hydrogen) atoms. The van der Waals surface area contributed by atoms with Crippen LogP contribution in [0, 0.1) is 17.2 Å². The summed E-state index contributed by atoms with van der Waals surface area (Å²) in [5, 5.41) is 19.6. The van der Waals surface area contributed by atoms with E-state index in [1.807, 2.05) is 13.8 Å². The minimum Gasteiger partial charge on any atom is -0.298 e. The van der Waals surface area contributed by atoms with Crippen molar-refractivity contribution in [2.24, 2.45) is 5.92 Å². The molecular weight excluding hydrogens is 356 g/mol. The fraction of sp³-hybridized carbons (Fsp3) is 0.960. The smallest absolute Gasteiger partial charge is 0.0638 e. The van der Waals surface area contributed by atoms with Crippen LogP contribution in [0.1, 0.15) is 126 Å². The van der Waals surface area contributed by atoms with Crippen molar-refractivity contribution < 1.29 is 0 Å². The summed E-state index contributed by atoms with van der Waals surface area (Å²) >= 11 is 0. The van der Waals surface area contributed by atoms with Gasteiger partial charge in [-0.05, 0) is 46.0 Å². The van der Waals surface area contributed by atoms with Crippen LogP contribution in [0.25, 0.3) is 0 Å². The molecule has 2 aliphatic rings. The van der Waals surface area contributed by atoms with Gasteiger partial charge < -0.3 is 0 Å². The molecule has 0 spiro atoms. The number of nitrogens with one attached hydrogen (secondary N) is 3. The second-order valence-corrected chi connectivity index (χ2v) is 9.28. The first-order valence-corrected chi connectivity index (χ1v) is 12.5. The van der Waals surface area contributed by atoms with Gasteiger partial charge >= 0.3 is 0 Å². The van der Waals surface area contributed by atoms with Crippen molar-refractivity contribution in [2.75, 3.05) is 0 Å². The van der Waals surface area contributed by atoms with Gasteiger partial charge in [0.15, 0.2) is 0 Å². The van der Waals surface area contributed by atoms with E-state index in [4.69, 9.17) is 5.26 Å². The third kappa shape index (κ3) is 15.8. The zero-order chi connectivity index (χ0) is 22.1. The minimum atomic E-state index is 0.222. The highest BCUT2D eigenvalue weighted by molar-refractivity contribution is 4.98. The van der Waals surface area contributed by atoms with Gasteiger partial charge in [0.1, 0.15) is 0 Å². The van der Waals surface area contributed by atoms with Gasteiger partial charge in [-0.3, -0.25) is 16.0 Å². The van der Waals surface area contributed by atoms with Crippen molar-refractivity contribution in [3.8, 4) is 6.07 Å². The molecule has 2 fully saturated rings. The van der Waals surface area contributed by atoms with E-state index in [2.05, 4.69) is 56.6 Å². The van der Waals surface area contributed by atoms with Crippen molar-refractivity contribution in [1.29, 1.82) is 5.26 Å². The Balaban J connectivity index is 0.000000722. The average molecular weight is 409 g/mol. The van der Waals surface area contributed by atoms with E-state index < -0.39 is 0 Å². The fourth-order valence-electron chi connectivity index (χ4n) is 3.97. The molecule has 0 aromatic rings. The Morgan fingerprint density at radius 2 is 1.62 bits per heavy atom. The maximum atomic E-state index is 8.93. The van der Waals surface area contributed by atoms with Gasteiger partial charge in [0, 0.05) is 11.6 Å². The van der Waals surface area contributed by atoms with Gasteiger partial charge in [0.2, 0.25) is 0 Å². The van der Waals surface area contributed by atoms with Crippen molar-refractivity contribution in [1.82, 2.24) is 16.0 Å². The summed E-state index contributed by atoms with van der Waals surface area (Å²) in [6, 6.07) is 2.60. The van der Waals surface area contributed by atoms with Crippen molar-refractivity contribution in [3.05, 3.63) is 0 Å². The molecular formula is C25H52N4. The zero-order valence-electron chi connectivity index (χ0n) is 20.7. The third-order valence-corrected chi connectivity index (χ3v) is 5.94. The molecule has 4 nitrogen and oxygen atoms in total. The lowest BCUT2D eigenvalue weighted by atomic mass is 9.91. The van der Waals surface area contributed by atoms with Crippen LogP contribution >= 0.6 is 0 Å². The minimum absolute atomic E-state index is 0.222. The first-order valence-electron chi connectivity index (χ1n) is 12.5. The summed E-state index contributed by atoms with van der Waals surface area (Å²) in [6.45, 7) is 15.1. The Morgan fingerprint density at radius 3 is 2.07 bits per heavy atom. The first kappa shape index (κ1) is 28.4. The Bertz CT molecular complexity index is 408. The van der Waals surface area contributed by atoms with Gasteiger partial charge in [0.05, 0.1) is 24.8 Å². The van der Waals surface area contributed by atoms with Gasteiger partial charge in [-0.1, -0.05) is 79.1 Å². The molecule has 0 aliphatic heterocycles. The van der Waals surface area contributed by atoms with E-state index in [1.54, 1.807) is 0 Å². The van der Waals surface area contributed by atoms with E-state index in [0.717, 1.165) is 12.3 Å². The normalized spacial score (nSPS) is 20.8. The molecule has 0 amide bonds. The zero-order valence-corrected chi connectivity index (χ0v) is 20.7. The van der Waals surface area contributed by atoms with Gasteiger partial charge in [-0.15, -0.1) is 0 Å². The molecule has 0 aromatic heterocycles. The summed E-state index contributed by atoms with van der Waals surface area (Å²) in [7, 11) is 0. The van der Waals surface area contributed by atoms with E-state index >= 15 is 0 Å². The predicted molar refractivity (Wildman–Crippen MR) is 128 cm³/mol. The maximum absolute atomic E-state index is 8.93. The predicted octanol–water partition coefficient (Wildman–Crippen LogP) is 6.48. The highest BCUT2D eigenvalue weighted by Crippen LogP contribution is 2.34. The summed E-state index contributed by atoms with van der Waals surface area (Å²) in [6.07, 6.45) is 15.9. The summed E-state index contributed by atoms with van der Waals surface area (Å²) in [5.41, 5.74) is 0.347. The molecule has 172 valence electrons. The van der Waals surface area contributed by atoms with E-state index in [0.29, 0.717) is 24.2 Å². The lowest BCUT2D eigenvalue weighted by Gasteiger charge is -2.28. The molecule has 0 saturated heterocycles. The second-order valence-electron chi connectivity index (χ2n) is 9.28. The molecule has 0 aromatic carbocycles. The Morgan fingerprint density at radius 1 is 1.00 bits per heavy atom. The number of nitriles is 1. The molecule has 0 heterocycles. The molecule has 3 unspecified atom stereocenters. The summed E-state index contributed by atoms with van der Waals surface area (Å²) < 4.78 is 0. The van der Waals surface area contributed by atoms with Crippen LogP contribution in [0.4, 0.5) is 0 Å². The molecule has 3 N–H and O–H groups in total. The van der Waals surface area contributed by atoms with Crippen LogP contribution in [0.3, 0.4) is 0 Å². The van der Waals surface area contributed by atoms with Crippen LogP contribution < -0.4 is 16.0 Å². The molecule has 2 saturated carbocycles. The molecule has 4 heteroatoms. The van der Waals surface area contributed by atoms with Crippen LogP contribution in [-0.2, 0) is 0 Å². The van der Waals surface area contributed by atoms with Gasteiger partial charge in [-0.2, -0.15) is 5.26 Å². The highest BCUT2D eigenvalue weighted by Gasteiger charge is 2.37. The van der Waals surface area contributed by atoms with Crippen LogP contribution in [0.15, 0.2) is 0 Å². The Kier molecular flexibility index (Phi) is 16.7. The van der Waals surface area contributed by atoms with E-state index in [1.165, 1.54) is 64.2 Å². The Hall–Kier alpha value is -0.630. The number of nitrogens with zero attached hydrogens (tertiary/aromatic N) is 1. The average Bonchev–Trinajstić information content (AvgIpc) is 3.41. The molecule has 2 aliphatic carbocycles. The lowest BCUT2D eigenvalue weighted by molar-refractivity contribution is 0.304. The Labute approximate surface area is 183 Å². The van der Waals surface area contributed by atoms with Crippen LogP contribution in [0.2, 0.25) is 0 Å². The first-order chi connectivity index (χ1) is 13.9. The lowest BCUT2D eigenvalue weighted by Crippen LogP contribution is -2.54. The molecule has 0 bridgehead atoms. The monoisotopic (exact) mass is 408 g/mol. The van der Waals surface area contributed by atoms with E-state index in [-0.39, 0.29) is 6.17 Å². The number of unbranched alkanes of at least 4 members (excludes halogenated alkanes) is 2.